The van der Waals surface area contributed by atoms with Gasteiger partial charge in [-0.25, -0.2) is 8.42 Å². The molecule has 0 amide bonds. The van der Waals surface area contributed by atoms with Crippen LogP contribution in [0.25, 0.3) is 0 Å². The zero-order chi connectivity index (χ0) is 15.6. The van der Waals surface area contributed by atoms with Gasteiger partial charge in [0.1, 0.15) is 0 Å². The van der Waals surface area contributed by atoms with Crippen LogP contribution in [0.5, 0.6) is 0 Å². The van der Waals surface area contributed by atoms with Crippen molar-refractivity contribution in [1.82, 2.24) is 4.31 Å². The van der Waals surface area contributed by atoms with E-state index < -0.39 is 20.2 Å². The topological polar surface area (TPSA) is 83.8 Å². The number of rotatable bonds is 4. The summed E-state index contributed by atoms with van der Waals surface area (Å²) in [4.78, 5) is 12.2. The lowest BCUT2D eigenvalue weighted by atomic mass is 10.2. The summed E-state index contributed by atoms with van der Waals surface area (Å²) >= 11 is 0. The quantitative estimate of drug-likeness (QED) is 0.620. The zero-order valence-corrected chi connectivity index (χ0v) is 12.9. The standard InChI is InChI=1S/C13H19N3O4S/c1-11(2)21(19,20)15-9-7-14(8-10-15)12-3-5-13(6-4-12)16(17)18/h3-6,11H,7-10H2,1-2H3. The maximum atomic E-state index is 12.1. The molecule has 1 fully saturated rings. The van der Waals surface area contributed by atoms with Crippen LogP contribution in [-0.2, 0) is 10.0 Å². The van der Waals surface area contributed by atoms with Gasteiger partial charge in [-0.05, 0) is 26.0 Å². The van der Waals surface area contributed by atoms with Gasteiger partial charge in [0.15, 0.2) is 0 Å². The maximum absolute atomic E-state index is 12.1. The van der Waals surface area contributed by atoms with Gasteiger partial charge in [0.25, 0.3) is 5.69 Å². The van der Waals surface area contributed by atoms with Crippen LogP contribution < -0.4 is 4.90 Å². The Labute approximate surface area is 124 Å². The van der Waals surface area contributed by atoms with E-state index >= 15 is 0 Å². The Morgan fingerprint density at radius 3 is 2.05 bits per heavy atom. The van der Waals surface area contributed by atoms with E-state index in [-0.39, 0.29) is 5.69 Å². The van der Waals surface area contributed by atoms with Crippen LogP contribution in [0.3, 0.4) is 0 Å². The summed E-state index contributed by atoms with van der Waals surface area (Å²) in [5.41, 5.74) is 0.932. The third-order valence-electron chi connectivity index (χ3n) is 3.62. The molecule has 0 spiro atoms. The highest BCUT2D eigenvalue weighted by Crippen LogP contribution is 2.21. The molecule has 1 aromatic carbocycles. The van der Waals surface area contributed by atoms with Crippen LogP contribution in [0.2, 0.25) is 0 Å². The van der Waals surface area contributed by atoms with Gasteiger partial charge < -0.3 is 4.90 Å². The van der Waals surface area contributed by atoms with Crippen LogP contribution >= 0.6 is 0 Å². The second kappa shape index (κ2) is 5.98. The second-order valence-corrected chi connectivity index (χ2v) is 7.74. The van der Waals surface area contributed by atoms with E-state index in [1.165, 1.54) is 16.4 Å². The molecule has 0 aromatic heterocycles. The van der Waals surface area contributed by atoms with Crippen LogP contribution in [0.4, 0.5) is 11.4 Å². The Morgan fingerprint density at radius 1 is 1.10 bits per heavy atom. The number of nitro groups is 1. The van der Waals surface area contributed by atoms with Gasteiger partial charge in [-0.15, -0.1) is 0 Å². The summed E-state index contributed by atoms with van der Waals surface area (Å²) in [6.07, 6.45) is 0. The Morgan fingerprint density at radius 2 is 1.62 bits per heavy atom. The minimum Gasteiger partial charge on any atom is -0.369 e. The number of sulfonamides is 1. The Bertz CT molecular complexity index is 605. The van der Waals surface area contributed by atoms with Gasteiger partial charge >= 0.3 is 0 Å². The van der Waals surface area contributed by atoms with Gasteiger partial charge in [-0.3, -0.25) is 10.1 Å². The van der Waals surface area contributed by atoms with Crippen LogP contribution in [0.15, 0.2) is 24.3 Å². The Hall–Kier alpha value is -1.67. The first-order chi connectivity index (χ1) is 9.82. The summed E-state index contributed by atoms with van der Waals surface area (Å²) in [7, 11) is -3.21. The van der Waals surface area contributed by atoms with Crippen molar-refractivity contribution >= 4 is 21.4 Å². The minimum atomic E-state index is -3.21. The summed E-state index contributed by atoms with van der Waals surface area (Å²) in [6, 6.07) is 6.33. The van der Waals surface area contributed by atoms with Gasteiger partial charge in [0, 0.05) is 44.0 Å². The van der Waals surface area contributed by atoms with Gasteiger partial charge in [-0.1, -0.05) is 0 Å². The van der Waals surface area contributed by atoms with E-state index in [1.54, 1.807) is 26.0 Å². The van der Waals surface area contributed by atoms with Crippen molar-refractivity contribution in [3.63, 3.8) is 0 Å². The molecule has 0 saturated carbocycles. The molecule has 0 atom stereocenters. The lowest BCUT2D eigenvalue weighted by Gasteiger charge is -2.36. The third kappa shape index (κ3) is 3.33. The first-order valence-corrected chi connectivity index (χ1v) is 8.31. The number of hydrogen-bond acceptors (Lipinski definition) is 5. The van der Waals surface area contributed by atoms with E-state index in [9.17, 15) is 18.5 Å². The van der Waals surface area contributed by atoms with E-state index in [2.05, 4.69) is 0 Å². The fourth-order valence-corrected chi connectivity index (χ4v) is 3.55. The molecule has 0 bridgehead atoms. The third-order valence-corrected chi connectivity index (χ3v) is 5.90. The van der Waals surface area contributed by atoms with Crippen LogP contribution in [0.1, 0.15) is 13.8 Å². The molecule has 0 radical (unpaired) electrons. The Balaban J connectivity index is 2.03. The van der Waals surface area contributed by atoms with Crippen molar-refractivity contribution in [1.29, 1.82) is 0 Å². The number of non-ortho nitro benzene ring substituents is 1. The lowest BCUT2D eigenvalue weighted by Crippen LogP contribution is -2.50. The number of nitro benzene ring substituents is 1. The molecule has 21 heavy (non-hydrogen) atoms. The molecule has 0 unspecified atom stereocenters. The first-order valence-electron chi connectivity index (χ1n) is 6.80. The van der Waals surface area contributed by atoms with Crippen LogP contribution in [-0.4, -0.2) is 49.1 Å². The summed E-state index contributed by atoms with van der Waals surface area (Å²) in [5, 5.41) is 10.2. The fraction of sp³-hybridized carbons (Fsp3) is 0.538. The maximum Gasteiger partial charge on any atom is 0.269 e. The van der Waals surface area contributed by atoms with Gasteiger partial charge in [0.2, 0.25) is 10.0 Å². The van der Waals surface area contributed by atoms with Crippen molar-refractivity contribution in [3.05, 3.63) is 34.4 Å². The molecule has 2 rings (SSSR count). The average Bonchev–Trinajstić information content (AvgIpc) is 2.47. The highest BCUT2D eigenvalue weighted by atomic mass is 32.2. The van der Waals surface area contributed by atoms with E-state index in [4.69, 9.17) is 0 Å². The summed E-state index contributed by atoms with van der Waals surface area (Å²) < 4.78 is 25.7. The molecule has 1 saturated heterocycles. The van der Waals surface area contributed by atoms with Gasteiger partial charge in [-0.2, -0.15) is 4.31 Å². The second-order valence-electron chi connectivity index (χ2n) is 5.25. The molecule has 1 aliphatic rings. The van der Waals surface area contributed by atoms with Crippen molar-refractivity contribution in [2.45, 2.75) is 19.1 Å². The number of hydrogen-bond donors (Lipinski definition) is 0. The predicted octanol–water partition coefficient (Wildman–Crippen LogP) is 1.45. The molecule has 8 heteroatoms. The molecular weight excluding hydrogens is 294 g/mol. The van der Waals surface area contributed by atoms with E-state index in [0.29, 0.717) is 26.2 Å². The summed E-state index contributed by atoms with van der Waals surface area (Å²) in [6.45, 7) is 5.42. The van der Waals surface area contributed by atoms with Crippen molar-refractivity contribution in [2.75, 3.05) is 31.1 Å². The molecule has 0 aliphatic carbocycles. The number of benzene rings is 1. The minimum absolute atomic E-state index is 0.0553. The Kier molecular flexibility index (Phi) is 4.48. The SMILES string of the molecule is CC(C)S(=O)(=O)N1CCN(c2ccc([N+](=O)[O-])cc2)CC1. The molecular formula is C13H19N3O4S. The molecule has 0 N–H and O–H groups in total. The number of anilines is 1. The van der Waals surface area contributed by atoms with Gasteiger partial charge in [0.05, 0.1) is 10.2 Å². The smallest absolute Gasteiger partial charge is 0.269 e. The lowest BCUT2D eigenvalue weighted by molar-refractivity contribution is -0.384. The first kappa shape index (κ1) is 15.7. The van der Waals surface area contributed by atoms with E-state index in [0.717, 1.165) is 5.69 Å². The highest BCUT2D eigenvalue weighted by molar-refractivity contribution is 7.89. The van der Waals surface area contributed by atoms with Crippen molar-refractivity contribution < 1.29 is 13.3 Å². The summed E-state index contributed by atoms with van der Waals surface area (Å²) in [5.74, 6) is 0. The van der Waals surface area contributed by atoms with Crippen LogP contribution in [0, 0.1) is 10.1 Å². The molecule has 1 aromatic rings. The normalized spacial score (nSPS) is 17.2. The highest BCUT2D eigenvalue weighted by Gasteiger charge is 2.29. The average molecular weight is 313 g/mol. The van der Waals surface area contributed by atoms with Crippen molar-refractivity contribution in [3.8, 4) is 0 Å². The largest absolute Gasteiger partial charge is 0.369 e. The predicted molar refractivity (Wildman–Crippen MR) is 80.9 cm³/mol. The number of nitrogens with zero attached hydrogens (tertiary/aromatic N) is 3. The van der Waals surface area contributed by atoms with E-state index in [1.807, 2.05) is 4.90 Å². The molecule has 1 heterocycles. The number of piperazine rings is 1. The molecule has 7 nitrogen and oxygen atoms in total. The molecule has 1 aliphatic heterocycles. The zero-order valence-electron chi connectivity index (χ0n) is 12.1. The fourth-order valence-electron chi connectivity index (χ4n) is 2.28. The van der Waals surface area contributed by atoms with Crippen molar-refractivity contribution in [2.24, 2.45) is 0 Å². The monoisotopic (exact) mass is 313 g/mol. The molecule has 116 valence electrons.